The summed E-state index contributed by atoms with van der Waals surface area (Å²) in [6.07, 6.45) is 3.53. The van der Waals surface area contributed by atoms with Crippen molar-refractivity contribution in [3.05, 3.63) is 40.1 Å². The molecule has 23 heavy (non-hydrogen) atoms. The molecule has 0 amide bonds. The highest BCUT2D eigenvalue weighted by Crippen LogP contribution is 2.40. The monoisotopic (exact) mass is 331 g/mol. The zero-order valence-electron chi connectivity index (χ0n) is 12.8. The molecule has 3 aromatic heterocycles. The van der Waals surface area contributed by atoms with Crippen LogP contribution >= 0.6 is 11.3 Å². The zero-order chi connectivity index (χ0) is 16.2. The normalized spacial score (nSPS) is 21.0. The topological polar surface area (TPSA) is 91.0 Å². The summed E-state index contributed by atoms with van der Waals surface area (Å²) >= 11 is 1.42. The molecule has 0 spiro atoms. The number of aromatic amines is 2. The Balaban J connectivity index is 2.01. The van der Waals surface area contributed by atoms with Crippen LogP contribution < -0.4 is 5.56 Å². The van der Waals surface area contributed by atoms with Gasteiger partial charge in [0.15, 0.2) is 0 Å². The Morgan fingerprint density at radius 3 is 3.00 bits per heavy atom. The van der Waals surface area contributed by atoms with Crippen molar-refractivity contribution in [2.24, 2.45) is 5.92 Å². The first-order valence-corrected chi connectivity index (χ1v) is 8.31. The maximum absolute atomic E-state index is 12.5. The van der Waals surface area contributed by atoms with Crippen LogP contribution in [-0.2, 0) is 16.9 Å². The van der Waals surface area contributed by atoms with Gasteiger partial charge in [0.25, 0.3) is 5.56 Å². The van der Waals surface area contributed by atoms with Crippen LogP contribution in [0.4, 0.5) is 0 Å². The second-order valence-electron chi connectivity index (χ2n) is 6.22. The third-order valence-corrected chi connectivity index (χ3v) is 5.73. The molecular weight excluding hydrogens is 314 g/mol. The quantitative estimate of drug-likeness (QED) is 0.672. The van der Waals surface area contributed by atoms with E-state index in [9.17, 15) is 9.90 Å². The Hall–Kier alpha value is -1.96. The number of H-pyrrole nitrogens is 2. The summed E-state index contributed by atoms with van der Waals surface area (Å²) in [5.41, 5.74) is 1.06. The minimum absolute atomic E-state index is 0.0679. The lowest BCUT2D eigenvalue weighted by molar-refractivity contribution is -0.104. The van der Waals surface area contributed by atoms with E-state index in [0.29, 0.717) is 17.0 Å². The van der Waals surface area contributed by atoms with Crippen LogP contribution in [0.25, 0.3) is 20.5 Å². The van der Waals surface area contributed by atoms with E-state index in [2.05, 4.69) is 15.2 Å². The number of pyridine rings is 1. The molecule has 6 nitrogen and oxygen atoms in total. The van der Waals surface area contributed by atoms with Crippen LogP contribution in [0.3, 0.4) is 0 Å². The number of nitrogens with one attached hydrogen (secondary N) is 2. The van der Waals surface area contributed by atoms with E-state index >= 15 is 0 Å². The average Bonchev–Trinajstić information content (AvgIpc) is 3.17. The lowest BCUT2D eigenvalue weighted by atomic mass is 9.83. The molecule has 0 bridgehead atoms. The van der Waals surface area contributed by atoms with Gasteiger partial charge in [-0.3, -0.25) is 9.89 Å². The number of rotatable bonds is 2. The highest BCUT2D eigenvalue weighted by molar-refractivity contribution is 7.22. The van der Waals surface area contributed by atoms with Gasteiger partial charge in [0, 0.05) is 27.6 Å². The van der Waals surface area contributed by atoms with Crippen LogP contribution in [0.2, 0.25) is 0 Å². The number of aliphatic hydroxyl groups is 1. The maximum atomic E-state index is 12.5. The van der Waals surface area contributed by atoms with Gasteiger partial charge in [-0.25, -0.2) is 0 Å². The third-order valence-electron chi connectivity index (χ3n) is 4.54. The van der Waals surface area contributed by atoms with Crippen LogP contribution in [0.1, 0.15) is 25.1 Å². The minimum atomic E-state index is -1.17. The molecule has 0 saturated carbocycles. The molecule has 3 aromatic rings. The lowest BCUT2D eigenvalue weighted by Crippen LogP contribution is -2.43. The van der Waals surface area contributed by atoms with E-state index in [-0.39, 0.29) is 18.1 Å². The molecule has 0 aromatic carbocycles. The molecule has 120 valence electrons. The Labute approximate surface area is 136 Å². The first kappa shape index (κ1) is 14.6. The number of hydrogen-bond donors (Lipinski definition) is 3. The number of hydrogen-bond acceptors (Lipinski definition) is 5. The Kier molecular flexibility index (Phi) is 3.19. The van der Waals surface area contributed by atoms with Crippen LogP contribution in [0.5, 0.6) is 0 Å². The fraction of sp³-hybridized carbons (Fsp3) is 0.375. The van der Waals surface area contributed by atoms with E-state index in [1.165, 1.54) is 11.3 Å². The van der Waals surface area contributed by atoms with Crippen molar-refractivity contribution in [3.8, 4) is 10.4 Å². The van der Waals surface area contributed by atoms with Crippen molar-refractivity contribution >= 4 is 21.4 Å². The molecule has 1 aliphatic heterocycles. The number of thiophene rings is 1. The highest BCUT2D eigenvalue weighted by Gasteiger charge is 2.40. The lowest BCUT2D eigenvalue weighted by Gasteiger charge is -2.37. The summed E-state index contributed by atoms with van der Waals surface area (Å²) in [7, 11) is 0. The van der Waals surface area contributed by atoms with E-state index in [0.717, 1.165) is 21.4 Å². The largest absolute Gasteiger partial charge is 0.381 e. The fourth-order valence-electron chi connectivity index (χ4n) is 3.05. The Bertz CT molecular complexity index is 926. The van der Waals surface area contributed by atoms with Crippen molar-refractivity contribution in [2.75, 3.05) is 6.61 Å². The number of fused-ring (bicyclic) bond motifs is 3. The van der Waals surface area contributed by atoms with Gasteiger partial charge in [0.2, 0.25) is 0 Å². The first-order valence-electron chi connectivity index (χ1n) is 7.49. The maximum Gasteiger partial charge on any atom is 0.266 e. The van der Waals surface area contributed by atoms with Crippen LogP contribution in [0.15, 0.2) is 23.3 Å². The summed E-state index contributed by atoms with van der Waals surface area (Å²) in [4.78, 5) is 16.4. The number of ether oxygens (including phenoxy) is 1. The molecule has 0 radical (unpaired) electrons. The van der Waals surface area contributed by atoms with Crippen LogP contribution in [-0.4, -0.2) is 26.9 Å². The van der Waals surface area contributed by atoms with E-state index in [1.54, 1.807) is 12.4 Å². The van der Waals surface area contributed by atoms with Gasteiger partial charge in [-0.05, 0) is 12.0 Å². The minimum Gasteiger partial charge on any atom is -0.381 e. The van der Waals surface area contributed by atoms with Gasteiger partial charge in [-0.15, -0.1) is 11.3 Å². The predicted molar refractivity (Wildman–Crippen MR) is 88.4 cm³/mol. The smallest absolute Gasteiger partial charge is 0.266 e. The van der Waals surface area contributed by atoms with E-state index in [1.807, 2.05) is 19.9 Å². The third kappa shape index (κ3) is 2.08. The van der Waals surface area contributed by atoms with Crippen LogP contribution in [0, 0.1) is 5.92 Å². The molecule has 7 heteroatoms. The fourth-order valence-corrected chi connectivity index (χ4v) is 4.11. The summed E-state index contributed by atoms with van der Waals surface area (Å²) in [6.45, 7) is 4.42. The van der Waals surface area contributed by atoms with E-state index in [4.69, 9.17) is 4.74 Å². The van der Waals surface area contributed by atoms with Gasteiger partial charge in [-0.1, -0.05) is 13.8 Å². The molecule has 0 fully saturated rings. The molecule has 0 saturated heterocycles. The van der Waals surface area contributed by atoms with Gasteiger partial charge in [0.05, 0.1) is 25.1 Å². The highest BCUT2D eigenvalue weighted by atomic mass is 32.1. The van der Waals surface area contributed by atoms with Crippen molar-refractivity contribution in [3.63, 3.8) is 0 Å². The summed E-state index contributed by atoms with van der Waals surface area (Å²) in [5, 5.41) is 18.6. The molecule has 1 aliphatic rings. The van der Waals surface area contributed by atoms with Crippen molar-refractivity contribution in [2.45, 2.75) is 26.1 Å². The van der Waals surface area contributed by atoms with Gasteiger partial charge >= 0.3 is 0 Å². The van der Waals surface area contributed by atoms with Gasteiger partial charge in [-0.2, -0.15) is 5.10 Å². The molecule has 1 atom stereocenters. The van der Waals surface area contributed by atoms with Gasteiger partial charge < -0.3 is 14.8 Å². The number of nitrogens with zero attached hydrogens (tertiary/aromatic N) is 1. The summed E-state index contributed by atoms with van der Waals surface area (Å²) in [5.74, 6) is -0.0679. The van der Waals surface area contributed by atoms with Crippen molar-refractivity contribution in [1.82, 2.24) is 15.2 Å². The molecule has 3 N–H and O–H groups in total. The molecule has 4 rings (SSSR count). The molecule has 4 heterocycles. The first-order chi connectivity index (χ1) is 11.0. The number of aromatic nitrogens is 3. The zero-order valence-corrected chi connectivity index (χ0v) is 13.7. The molecule has 0 aliphatic carbocycles. The van der Waals surface area contributed by atoms with Crippen molar-refractivity contribution in [1.29, 1.82) is 0 Å². The summed E-state index contributed by atoms with van der Waals surface area (Å²) < 4.78 is 6.28. The Morgan fingerprint density at radius 2 is 2.30 bits per heavy atom. The Morgan fingerprint density at radius 1 is 1.48 bits per heavy atom. The molecular formula is C16H17N3O3S. The van der Waals surface area contributed by atoms with E-state index < -0.39 is 5.60 Å². The second kappa shape index (κ2) is 5.02. The average molecular weight is 331 g/mol. The SMILES string of the molecule is CC(C)[C@]1(O)COCc2c1[nH]c(=O)c1sc(-c3cn[nH]c3)cc21. The predicted octanol–water partition coefficient (Wildman–Crippen LogP) is 2.35. The van der Waals surface area contributed by atoms with Gasteiger partial charge in [0.1, 0.15) is 10.3 Å². The summed E-state index contributed by atoms with van der Waals surface area (Å²) in [6, 6.07) is 1.98. The molecule has 0 unspecified atom stereocenters. The van der Waals surface area contributed by atoms with Crippen molar-refractivity contribution < 1.29 is 9.84 Å². The second-order valence-corrected chi connectivity index (χ2v) is 7.27. The standard InChI is InChI=1S/C16H17N3O3S/c1-8(2)16(21)7-22-6-11-10-3-12(9-4-17-18-5-9)23-13(10)15(20)19-14(11)16/h3-5,8,21H,6-7H2,1-2H3,(H,17,18)(H,19,20)/t16-/m1/s1.